The molecule has 0 bridgehead atoms. The van der Waals surface area contributed by atoms with Crippen LogP contribution in [0.1, 0.15) is 2.85 Å². The van der Waals surface area contributed by atoms with E-state index in [1.54, 1.807) is 0 Å². The third-order valence-corrected chi connectivity index (χ3v) is 4.32. The van der Waals surface area contributed by atoms with Crippen LogP contribution in [0.2, 0.25) is 0 Å². The van der Waals surface area contributed by atoms with Crippen molar-refractivity contribution in [3.05, 3.63) is 24.3 Å². The molecule has 0 aromatic heterocycles. The first kappa shape index (κ1) is 22.1. The maximum absolute atomic E-state index is 11.0. The molecule has 0 spiro atoms. The average Bonchev–Trinajstić information content (AvgIpc) is 2.24. The molecular weight excluding hydrogens is 358 g/mol. The Bertz CT molecular complexity index is 859. The van der Waals surface area contributed by atoms with Gasteiger partial charge in [0.15, 0.2) is 0 Å². The van der Waals surface area contributed by atoms with Crippen molar-refractivity contribution in [2.45, 2.75) is 9.79 Å². The van der Waals surface area contributed by atoms with Gasteiger partial charge in [0.2, 0.25) is 0 Å². The molecule has 0 unspecified atom stereocenters. The maximum Gasteiger partial charge on any atom is 1.00 e. The van der Waals surface area contributed by atoms with Gasteiger partial charge in [-0.25, -0.2) is 0 Å². The summed E-state index contributed by atoms with van der Waals surface area (Å²) < 4.78 is 61.9. The third kappa shape index (κ3) is 4.57. The molecule has 2 aromatic carbocycles. The summed E-state index contributed by atoms with van der Waals surface area (Å²) in [4.78, 5) is -1.64. The number of rotatable bonds is 2. The van der Waals surface area contributed by atoms with Gasteiger partial charge < -0.3 is 13.1 Å². The summed E-state index contributed by atoms with van der Waals surface area (Å²) in [6.45, 7) is 0. The summed E-state index contributed by atoms with van der Waals surface area (Å²) in [5.74, 6) is -1.53. The Morgan fingerprint density at radius 2 is 0.955 bits per heavy atom. The molecule has 0 radical (unpaired) electrons. The van der Waals surface area contributed by atoms with E-state index in [0.29, 0.717) is 0 Å². The average molecular weight is 368 g/mol. The molecule has 8 nitrogen and oxygen atoms in total. The van der Waals surface area contributed by atoms with Crippen molar-refractivity contribution < 1.29 is 98.1 Å². The molecule has 112 valence electrons. The Kier molecular flexibility index (Phi) is 7.38. The first-order chi connectivity index (χ1) is 9.00. The molecular formula is C10H10Na2O8S2. The van der Waals surface area contributed by atoms with Crippen LogP contribution in [-0.2, 0) is 20.2 Å². The monoisotopic (exact) mass is 368 g/mol. The van der Waals surface area contributed by atoms with Crippen LogP contribution in [0.25, 0.3) is 10.8 Å². The first-order valence-corrected chi connectivity index (χ1v) is 7.83. The van der Waals surface area contributed by atoms with Crippen LogP contribution in [0, 0.1) is 0 Å². The molecule has 0 aliphatic rings. The molecule has 2 rings (SSSR count). The van der Waals surface area contributed by atoms with Crippen molar-refractivity contribution >= 4 is 31.0 Å². The number of benzene rings is 2. The largest absolute Gasteiger partial charge is 1.00 e. The Morgan fingerprint density at radius 3 is 1.23 bits per heavy atom. The molecule has 22 heavy (non-hydrogen) atoms. The van der Waals surface area contributed by atoms with E-state index in [-0.39, 0.29) is 72.7 Å². The summed E-state index contributed by atoms with van der Waals surface area (Å²) in [5, 5.41) is 19.0. The van der Waals surface area contributed by atoms with Crippen molar-refractivity contribution in [3.8, 4) is 11.5 Å². The molecule has 0 atom stereocenters. The molecule has 2 aromatic rings. The second-order valence-electron chi connectivity index (χ2n) is 3.94. The first-order valence-electron chi connectivity index (χ1n) is 4.95. The second-order valence-corrected chi connectivity index (χ2v) is 6.72. The van der Waals surface area contributed by atoms with Gasteiger partial charge in [-0.3, -0.25) is 9.11 Å². The molecule has 0 saturated heterocycles. The zero-order valence-electron chi connectivity index (χ0n) is 13.5. The van der Waals surface area contributed by atoms with Gasteiger partial charge in [0.25, 0.3) is 20.2 Å². The predicted molar refractivity (Wildman–Crippen MR) is 69.1 cm³/mol. The summed E-state index contributed by atoms with van der Waals surface area (Å²) in [6.07, 6.45) is 0. The van der Waals surface area contributed by atoms with E-state index in [0.717, 1.165) is 24.3 Å². The van der Waals surface area contributed by atoms with E-state index in [2.05, 4.69) is 0 Å². The number of aromatic hydroxyl groups is 2. The summed E-state index contributed by atoms with van der Waals surface area (Å²) in [7, 11) is -9.42. The summed E-state index contributed by atoms with van der Waals surface area (Å²) >= 11 is 0. The Morgan fingerprint density at radius 1 is 0.682 bits per heavy atom. The van der Waals surface area contributed by atoms with E-state index < -0.39 is 41.5 Å². The zero-order valence-corrected chi connectivity index (χ0v) is 17.2. The fraction of sp³-hybridized carbons (Fsp3) is 0. The van der Waals surface area contributed by atoms with Crippen molar-refractivity contribution in [2.24, 2.45) is 0 Å². The molecule has 0 aliphatic carbocycles. The minimum atomic E-state index is -4.71. The Hall–Kier alpha value is 0.120. The quantitative estimate of drug-likeness (QED) is 0.304. The van der Waals surface area contributed by atoms with Crippen LogP contribution in [0.3, 0.4) is 0 Å². The van der Waals surface area contributed by atoms with Crippen molar-refractivity contribution in [1.29, 1.82) is 0 Å². The van der Waals surface area contributed by atoms with E-state index in [4.69, 9.17) is 9.11 Å². The molecule has 0 fully saturated rings. The van der Waals surface area contributed by atoms with E-state index in [1.165, 1.54) is 0 Å². The van der Waals surface area contributed by atoms with Gasteiger partial charge in [-0.2, -0.15) is 16.8 Å². The SMILES string of the molecule is O=S(=O)(O)c1cc2cc(S(=O)(=O)O)c(O)cc2cc1O.[H-].[H-].[Na+].[Na+]. The van der Waals surface area contributed by atoms with Crippen LogP contribution in [0.15, 0.2) is 34.1 Å². The van der Waals surface area contributed by atoms with Gasteiger partial charge in [0.1, 0.15) is 21.3 Å². The van der Waals surface area contributed by atoms with Gasteiger partial charge in [-0.05, 0) is 35.0 Å². The van der Waals surface area contributed by atoms with Crippen molar-refractivity contribution in [1.82, 2.24) is 0 Å². The van der Waals surface area contributed by atoms with Crippen LogP contribution in [0.4, 0.5) is 0 Å². The standard InChI is InChI=1S/C10H8O8S2.2Na.2H/c11-7-1-5-2-8(12)10(20(16,17)18)4-6(5)3-9(7)19(13,14)15;;;;/h1-4,11-12H,(H,13,14,15)(H,16,17,18);;;;/q;2*+1;2*-1. The van der Waals surface area contributed by atoms with Crippen LogP contribution >= 0.6 is 0 Å². The second kappa shape index (κ2) is 7.34. The van der Waals surface area contributed by atoms with Crippen LogP contribution in [0.5, 0.6) is 11.5 Å². The van der Waals surface area contributed by atoms with Gasteiger partial charge in [-0.15, -0.1) is 0 Å². The molecule has 0 aliphatic heterocycles. The predicted octanol–water partition coefficient (Wildman–Crippen LogP) is -5.02. The fourth-order valence-electron chi connectivity index (χ4n) is 1.70. The number of hydrogen-bond donors (Lipinski definition) is 4. The number of phenolic OH excluding ortho intramolecular Hbond substituents is 2. The Labute approximate surface area is 173 Å². The number of fused-ring (bicyclic) bond motifs is 1. The summed E-state index contributed by atoms with van der Waals surface area (Å²) in [5.41, 5.74) is 0. The van der Waals surface area contributed by atoms with E-state index in [1.807, 2.05) is 0 Å². The van der Waals surface area contributed by atoms with Crippen LogP contribution < -0.4 is 59.1 Å². The molecule has 0 heterocycles. The number of phenols is 2. The smallest absolute Gasteiger partial charge is 1.00 e. The maximum atomic E-state index is 11.0. The van der Waals surface area contributed by atoms with Gasteiger partial charge in [0, 0.05) is 0 Å². The van der Waals surface area contributed by atoms with Crippen molar-refractivity contribution in [3.63, 3.8) is 0 Å². The normalized spacial score (nSPS) is 11.5. The van der Waals surface area contributed by atoms with E-state index in [9.17, 15) is 27.0 Å². The third-order valence-electron chi connectivity index (χ3n) is 2.55. The van der Waals surface area contributed by atoms with Gasteiger partial charge >= 0.3 is 59.1 Å². The molecule has 12 heteroatoms. The van der Waals surface area contributed by atoms with Crippen LogP contribution in [-0.4, -0.2) is 36.2 Å². The molecule has 4 N–H and O–H groups in total. The minimum absolute atomic E-state index is 0. The molecule has 0 saturated carbocycles. The van der Waals surface area contributed by atoms with Gasteiger partial charge in [0.05, 0.1) is 0 Å². The van der Waals surface area contributed by atoms with Crippen molar-refractivity contribution in [2.75, 3.05) is 0 Å². The van der Waals surface area contributed by atoms with Gasteiger partial charge in [-0.1, -0.05) is 0 Å². The zero-order chi connectivity index (χ0) is 15.3. The fourth-order valence-corrected chi connectivity index (χ4v) is 2.90. The number of hydrogen-bond acceptors (Lipinski definition) is 6. The Balaban J connectivity index is -0.00000110. The van der Waals surface area contributed by atoms with E-state index >= 15 is 0 Å². The molecule has 0 amide bonds. The minimum Gasteiger partial charge on any atom is -1.00 e. The topological polar surface area (TPSA) is 149 Å². The summed E-state index contributed by atoms with van der Waals surface area (Å²) in [6, 6.07) is 3.47.